The summed E-state index contributed by atoms with van der Waals surface area (Å²) in [6.45, 7) is -0.0730. The number of fused-ring (bicyclic) bond motifs is 1. The second-order valence-electron chi connectivity index (χ2n) is 8.94. The van der Waals surface area contributed by atoms with Crippen molar-refractivity contribution in [1.82, 2.24) is 14.3 Å². The van der Waals surface area contributed by atoms with Gasteiger partial charge in [-0.15, -0.1) is 0 Å². The molecule has 0 saturated carbocycles. The third kappa shape index (κ3) is 5.81. The lowest BCUT2D eigenvalue weighted by atomic mass is 10.1. The van der Waals surface area contributed by atoms with E-state index in [9.17, 15) is 18.0 Å². The molecule has 1 atom stereocenters. The minimum atomic E-state index is -4.20. The highest BCUT2D eigenvalue weighted by Crippen LogP contribution is 2.31. The van der Waals surface area contributed by atoms with E-state index in [-0.39, 0.29) is 23.4 Å². The zero-order valence-electron chi connectivity index (χ0n) is 21.2. The Hall–Kier alpha value is -4.32. The van der Waals surface area contributed by atoms with Crippen LogP contribution in [0.15, 0.2) is 90.1 Å². The van der Waals surface area contributed by atoms with Crippen LogP contribution in [0.3, 0.4) is 0 Å². The fraction of sp³-hybridized carbons (Fsp3) is 0.143. The molecule has 0 spiro atoms. The molecule has 0 radical (unpaired) electrons. The number of ether oxygens (including phenoxy) is 1. The van der Waals surface area contributed by atoms with Gasteiger partial charge in [-0.1, -0.05) is 23.7 Å². The normalized spacial score (nSPS) is 15.4. The molecule has 3 heterocycles. The Morgan fingerprint density at radius 1 is 1.10 bits per heavy atom. The highest BCUT2D eigenvalue weighted by atomic mass is 35.5. The van der Waals surface area contributed by atoms with E-state index in [0.29, 0.717) is 33.5 Å². The van der Waals surface area contributed by atoms with Crippen molar-refractivity contribution in [2.24, 2.45) is 0 Å². The Kier molecular flexibility index (Phi) is 7.78. The van der Waals surface area contributed by atoms with Crippen LogP contribution in [0.25, 0.3) is 0 Å². The van der Waals surface area contributed by atoms with Crippen LogP contribution in [0.5, 0.6) is 5.75 Å². The molecule has 5 rings (SSSR count). The Morgan fingerprint density at radius 2 is 1.90 bits per heavy atom. The summed E-state index contributed by atoms with van der Waals surface area (Å²) < 4.78 is 34.2. The van der Waals surface area contributed by atoms with Gasteiger partial charge < -0.3 is 15.4 Å². The number of sulfonamides is 1. The van der Waals surface area contributed by atoms with E-state index < -0.39 is 27.9 Å². The predicted octanol–water partition coefficient (Wildman–Crippen LogP) is 4.15. The molecule has 4 aromatic rings. The van der Waals surface area contributed by atoms with Gasteiger partial charge in [-0.25, -0.2) is 13.4 Å². The molecule has 10 nitrogen and oxygen atoms in total. The van der Waals surface area contributed by atoms with Crippen molar-refractivity contribution >= 4 is 44.9 Å². The van der Waals surface area contributed by atoms with Crippen molar-refractivity contribution in [2.75, 3.05) is 17.7 Å². The monoisotopic (exact) mass is 577 g/mol. The highest BCUT2D eigenvalue weighted by Gasteiger charge is 2.39. The molecule has 1 aliphatic rings. The van der Waals surface area contributed by atoms with Crippen molar-refractivity contribution in [3.8, 4) is 5.75 Å². The first kappa shape index (κ1) is 27.3. The summed E-state index contributed by atoms with van der Waals surface area (Å²) in [7, 11) is -2.68. The second-order valence-corrected chi connectivity index (χ2v) is 11.3. The number of pyridine rings is 2. The van der Waals surface area contributed by atoms with Crippen LogP contribution >= 0.6 is 11.6 Å². The topological polar surface area (TPSA) is 131 Å². The van der Waals surface area contributed by atoms with E-state index in [1.54, 1.807) is 54.7 Å². The number of nitrogens with one attached hydrogen (secondary N) is 2. The van der Waals surface area contributed by atoms with Crippen LogP contribution in [-0.4, -0.2) is 47.7 Å². The number of hydrogen-bond donors (Lipinski definition) is 2. The first-order valence-corrected chi connectivity index (χ1v) is 14.0. The van der Waals surface area contributed by atoms with Crippen LogP contribution in [0.1, 0.15) is 21.6 Å². The molecule has 2 aromatic carbocycles. The fourth-order valence-corrected chi connectivity index (χ4v) is 6.01. The number of nitrogens with zero attached hydrogens (tertiary/aromatic N) is 3. The Bertz CT molecular complexity index is 1650. The molecule has 0 fully saturated rings. The van der Waals surface area contributed by atoms with Gasteiger partial charge in [-0.2, -0.15) is 4.31 Å². The van der Waals surface area contributed by atoms with Gasteiger partial charge in [0.25, 0.3) is 5.91 Å². The lowest BCUT2D eigenvalue weighted by molar-refractivity contribution is -0.119. The summed E-state index contributed by atoms with van der Waals surface area (Å²) >= 11 is 6.14. The average Bonchev–Trinajstić information content (AvgIpc) is 3.10. The lowest BCUT2D eigenvalue weighted by Gasteiger charge is -2.27. The van der Waals surface area contributed by atoms with Crippen molar-refractivity contribution in [2.45, 2.75) is 23.9 Å². The van der Waals surface area contributed by atoms with E-state index in [2.05, 4.69) is 20.6 Å². The summed E-state index contributed by atoms with van der Waals surface area (Å²) in [5.74, 6) is -0.108. The molecule has 1 aliphatic heterocycles. The number of halogens is 1. The summed E-state index contributed by atoms with van der Waals surface area (Å²) in [5.41, 5.74) is 1.83. The van der Waals surface area contributed by atoms with Gasteiger partial charge in [0.2, 0.25) is 15.9 Å². The van der Waals surface area contributed by atoms with Gasteiger partial charge in [-0.3, -0.25) is 14.6 Å². The number of anilines is 2. The largest absolute Gasteiger partial charge is 0.495 e. The first-order valence-electron chi connectivity index (χ1n) is 12.2. The number of carbonyl (C=O) groups is 2. The van der Waals surface area contributed by atoms with Crippen molar-refractivity contribution in [1.29, 1.82) is 0 Å². The third-order valence-electron chi connectivity index (χ3n) is 6.37. The molecule has 2 N–H and O–H groups in total. The standard InChI is InChI=1S/C28H24ClN5O5S/c1-39-22-9-12-26(31-16-22)33-27(35)18-6-10-23(11-7-18)40(37,38)34-17-19-5-8-20(29)14-24(19)32-28(36)25(34)15-21-4-2-3-13-30-21/h2-14,16,25H,15,17H2,1H3,(H,32,36)(H,31,33,35)/t25-/m1/s1. The zero-order chi connectivity index (χ0) is 28.3. The van der Waals surface area contributed by atoms with E-state index >= 15 is 0 Å². The van der Waals surface area contributed by atoms with E-state index in [1.807, 2.05) is 0 Å². The summed E-state index contributed by atoms with van der Waals surface area (Å²) in [4.78, 5) is 34.4. The maximum absolute atomic E-state index is 14.0. The highest BCUT2D eigenvalue weighted by molar-refractivity contribution is 7.89. The molecule has 0 aliphatic carbocycles. The Morgan fingerprint density at radius 3 is 2.58 bits per heavy atom. The number of hydrogen-bond acceptors (Lipinski definition) is 7. The summed E-state index contributed by atoms with van der Waals surface area (Å²) in [5, 5.41) is 5.89. The summed E-state index contributed by atoms with van der Waals surface area (Å²) in [6.07, 6.45) is 3.11. The molecule has 2 amide bonds. The van der Waals surface area contributed by atoms with E-state index in [1.165, 1.54) is 37.6 Å². The van der Waals surface area contributed by atoms with Gasteiger partial charge in [0, 0.05) is 41.1 Å². The number of rotatable bonds is 7. The maximum atomic E-state index is 14.0. The number of methoxy groups -OCH3 is 1. The smallest absolute Gasteiger partial charge is 0.256 e. The SMILES string of the molecule is COc1ccc(NC(=O)c2ccc(S(=O)(=O)N3Cc4ccc(Cl)cc4NC(=O)[C@H]3Cc3ccccn3)cc2)nc1. The Balaban J connectivity index is 1.44. The van der Waals surface area contributed by atoms with Gasteiger partial charge in [0.1, 0.15) is 17.6 Å². The molecular formula is C28H24ClN5O5S. The van der Waals surface area contributed by atoms with E-state index in [4.69, 9.17) is 16.3 Å². The van der Waals surface area contributed by atoms with Crippen molar-refractivity contribution < 1.29 is 22.7 Å². The number of amides is 2. The number of carbonyl (C=O) groups excluding carboxylic acids is 2. The fourth-order valence-electron chi connectivity index (χ4n) is 4.27. The van der Waals surface area contributed by atoms with Crippen LogP contribution in [-0.2, 0) is 27.8 Å². The maximum Gasteiger partial charge on any atom is 0.256 e. The lowest BCUT2D eigenvalue weighted by Crippen LogP contribution is -2.46. The average molecular weight is 578 g/mol. The number of aromatic nitrogens is 2. The molecule has 204 valence electrons. The van der Waals surface area contributed by atoms with Crippen LogP contribution in [0.2, 0.25) is 5.02 Å². The molecule has 2 aromatic heterocycles. The van der Waals surface area contributed by atoms with Crippen LogP contribution in [0.4, 0.5) is 11.5 Å². The van der Waals surface area contributed by atoms with E-state index in [0.717, 1.165) is 4.31 Å². The van der Waals surface area contributed by atoms with Gasteiger partial charge in [0.15, 0.2) is 0 Å². The minimum Gasteiger partial charge on any atom is -0.495 e. The predicted molar refractivity (Wildman–Crippen MR) is 150 cm³/mol. The molecule has 0 saturated heterocycles. The minimum absolute atomic E-state index is 0.0585. The van der Waals surface area contributed by atoms with Crippen molar-refractivity contribution in [3.05, 3.63) is 107 Å². The summed E-state index contributed by atoms with van der Waals surface area (Å²) in [6, 6.07) is 17.8. The first-order chi connectivity index (χ1) is 19.2. The zero-order valence-corrected chi connectivity index (χ0v) is 22.8. The second kappa shape index (κ2) is 11.4. The molecule has 0 unspecified atom stereocenters. The Labute approximate surface area is 236 Å². The molecule has 0 bridgehead atoms. The van der Waals surface area contributed by atoms with Gasteiger partial charge in [-0.05, 0) is 66.2 Å². The number of benzene rings is 2. The van der Waals surface area contributed by atoms with Crippen LogP contribution in [0, 0.1) is 0 Å². The van der Waals surface area contributed by atoms with Gasteiger partial charge in [0.05, 0.1) is 18.2 Å². The van der Waals surface area contributed by atoms with Crippen LogP contribution < -0.4 is 15.4 Å². The molecular weight excluding hydrogens is 554 g/mol. The molecule has 40 heavy (non-hydrogen) atoms. The molecule has 12 heteroatoms. The quantitative estimate of drug-likeness (QED) is 0.337. The van der Waals surface area contributed by atoms with Gasteiger partial charge >= 0.3 is 0 Å². The third-order valence-corrected chi connectivity index (χ3v) is 8.48. The van der Waals surface area contributed by atoms with Crippen molar-refractivity contribution in [3.63, 3.8) is 0 Å².